The van der Waals surface area contributed by atoms with Crippen LogP contribution in [0, 0.1) is 5.92 Å². The molecular weight excluding hydrogens is 250 g/mol. The fourth-order valence-corrected chi connectivity index (χ4v) is 2.88. The average Bonchev–Trinajstić information content (AvgIpc) is 2.21. The van der Waals surface area contributed by atoms with Gasteiger partial charge in [0.2, 0.25) is 10.0 Å². The van der Waals surface area contributed by atoms with Gasteiger partial charge < -0.3 is 4.74 Å². The lowest BCUT2D eigenvalue weighted by atomic mass is 10.1. The summed E-state index contributed by atoms with van der Waals surface area (Å²) in [4.78, 5) is 0. The summed E-state index contributed by atoms with van der Waals surface area (Å²) in [6.07, 6.45) is 0.469. The van der Waals surface area contributed by atoms with E-state index in [1.807, 2.05) is 20.8 Å². The van der Waals surface area contributed by atoms with E-state index in [-0.39, 0.29) is 17.7 Å². The van der Waals surface area contributed by atoms with Gasteiger partial charge in [-0.05, 0) is 19.3 Å². The minimum atomic E-state index is -3.23. The summed E-state index contributed by atoms with van der Waals surface area (Å²) < 4.78 is 31.2. The summed E-state index contributed by atoms with van der Waals surface area (Å²) in [5.74, 6) is 0.641. The summed E-state index contributed by atoms with van der Waals surface area (Å²) in [7, 11) is -3.23. The van der Waals surface area contributed by atoms with Crippen LogP contribution < -0.4 is 4.72 Å². The van der Waals surface area contributed by atoms with E-state index in [0.717, 1.165) is 0 Å². The van der Waals surface area contributed by atoms with Gasteiger partial charge in [-0.15, -0.1) is 11.6 Å². The zero-order valence-electron chi connectivity index (χ0n) is 10.2. The van der Waals surface area contributed by atoms with E-state index in [4.69, 9.17) is 16.3 Å². The lowest BCUT2D eigenvalue weighted by molar-refractivity contribution is 0.116. The van der Waals surface area contributed by atoms with Gasteiger partial charge in [0.05, 0.1) is 12.4 Å². The highest BCUT2D eigenvalue weighted by atomic mass is 35.5. The van der Waals surface area contributed by atoms with E-state index in [1.165, 1.54) is 0 Å². The van der Waals surface area contributed by atoms with E-state index in [0.29, 0.717) is 25.5 Å². The van der Waals surface area contributed by atoms with Gasteiger partial charge in [0.1, 0.15) is 0 Å². The Morgan fingerprint density at radius 2 is 2.00 bits per heavy atom. The summed E-state index contributed by atoms with van der Waals surface area (Å²) in [6, 6.07) is -0.166. The van der Waals surface area contributed by atoms with Gasteiger partial charge in [0.15, 0.2) is 0 Å². The normalized spacial score (nSPS) is 14.3. The quantitative estimate of drug-likeness (QED) is 0.648. The first-order valence-electron chi connectivity index (χ1n) is 5.56. The maximum atomic E-state index is 11.6. The van der Waals surface area contributed by atoms with Gasteiger partial charge in [-0.1, -0.05) is 13.8 Å². The Labute approximate surface area is 104 Å². The van der Waals surface area contributed by atoms with Crippen molar-refractivity contribution in [2.45, 2.75) is 33.2 Å². The highest BCUT2D eigenvalue weighted by molar-refractivity contribution is 7.89. The fraction of sp³-hybridized carbons (Fsp3) is 1.00. The minimum Gasteiger partial charge on any atom is -0.380 e. The summed E-state index contributed by atoms with van der Waals surface area (Å²) in [6.45, 7) is 6.82. The van der Waals surface area contributed by atoms with Gasteiger partial charge in [0.25, 0.3) is 0 Å². The van der Waals surface area contributed by atoms with Crippen molar-refractivity contribution in [2.24, 2.45) is 5.92 Å². The molecule has 0 aliphatic rings. The van der Waals surface area contributed by atoms with Gasteiger partial charge in [-0.3, -0.25) is 0 Å². The lowest BCUT2D eigenvalue weighted by Gasteiger charge is -2.21. The standard InChI is InChI=1S/C10H22ClNO3S/c1-4-15-8-10(9(2)3)12-16(13,14)7-5-6-11/h9-10,12H,4-8H2,1-3H3. The second-order valence-electron chi connectivity index (χ2n) is 3.99. The molecule has 0 aliphatic heterocycles. The molecule has 0 spiro atoms. The molecule has 0 heterocycles. The van der Waals surface area contributed by atoms with Gasteiger partial charge in [-0.25, -0.2) is 13.1 Å². The maximum Gasteiger partial charge on any atom is 0.211 e. The third-order valence-electron chi connectivity index (χ3n) is 2.18. The molecule has 0 aromatic rings. The van der Waals surface area contributed by atoms with E-state index < -0.39 is 10.0 Å². The van der Waals surface area contributed by atoms with Crippen molar-refractivity contribution in [1.29, 1.82) is 0 Å². The molecule has 0 aliphatic carbocycles. The van der Waals surface area contributed by atoms with Crippen LogP contribution in [-0.4, -0.2) is 39.3 Å². The topological polar surface area (TPSA) is 55.4 Å². The Balaban J connectivity index is 4.26. The first-order chi connectivity index (χ1) is 7.43. The van der Waals surface area contributed by atoms with E-state index in [2.05, 4.69) is 4.72 Å². The van der Waals surface area contributed by atoms with Crippen molar-refractivity contribution < 1.29 is 13.2 Å². The molecule has 1 atom stereocenters. The van der Waals surface area contributed by atoms with Crippen LogP contribution in [0.2, 0.25) is 0 Å². The molecule has 4 nitrogen and oxygen atoms in total. The Kier molecular flexibility index (Phi) is 8.36. The molecule has 98 valence electrons. The smallest absolute Gasteiger partial charge is 0.211 e. The van der Waals surface area contributed by atoms with Crippen molar-refractivity contribution in [1.82, 2.24) is 4.72 Å². The molecule has 6 heteroatoms. The summed E-state index contributed by atoms with van der Waals surface area (Å²) in [5.41, 5.74) is 0. The number of alkyl halides is 1. The van der Waals surface area contributed by atoms with Crippen LogP contribution in [0.4, 0.5) is 0 Å². The van der Waals surface area contributed by atoms with Gasteiger partial charge in [0, 0.05) is 18.5 Å². The molecule has 0 aromatic carbocycles. The molecular formula is C10H22ClNO3S. The van der Waals surface area contributed by atoms with E-state index in [1.54, 1.807) is 0 Å². The van der Waals surface area contributed by atoms with Crippen LogP contribution in [0.5, 0.6) is 0 Å². The highest BCUT2D eigenvalue weighted by Gasteiger charge is 2.20. The Morgan fingerprint density at radius 3 is 2.44 bits per heavy atom. The highest BCUT2D eigenvalue weighted by Crippen LogP contribution is 2.05. The predicted octanol–water partition coefficient (Wildman–Crippen LogP) is 1.60. The monoisotopic (exact) mass is 271 g/mol. The van der Waals surface area contributed by atoms with Crippen LogP contribution >= 0.6 is 11.6 Å². The third-order valence-corrected chi connectivity index (χ3v) is 3.94. The number of rotatable bonds is 9. The van der Waals surface area contributed by atoms with E-state index >= 15 is 0 Å². The van der Waals surface area contributed by atoms with Crippen LogP contribution in [0.15, 0.2) is 0 Å². The number of nitrogens with one attached hydrogen (secondary N) is 1. The molecule has 0 aromatic heterocycles. The molecule has 0 amide bonds. The number of halogens is 1. The summed E-state index contributed by atoms with van der Waals surface area (Å²) >= 11 is 5.47. The number of hydrogen-bond acceptors (Lipinski definition) is 3. The zero-order chi connectivity index (χ0) is 12.6. The first kappa shape index (κ1) is 16.2. The molecule has 0 bridgehead atoms. The van der Waals surface area contributed by atoms with Crippen molar-refractivity contribution in [3.63, 3.8) is 0 Å². The second-order valence-corrected chi connectivity index (χ2v) is 6.24. The third kappa shape index (κ3) is 7.44. The van der Waals surface area contributed by atoms with Crippen LogP contribution in [0.1, 0.15) is 27.2 Å². The predicted molar refractivity (Wildman–Crippen MR) is 67.4 cm³/mol. The van der Waals surface area contributed by atoms with Gasteiger partial charge in [-0.2, -0.15) is 0 Å². The largest absolute Gasteiger partial charge is 0.380 e. The van der Waals surface area contributed by atoms with Crippen molar-refractivity contribution >= 4 is 21.6 Å². The zero-order valence-corrected chi connectivity index (χ0v) is 11.8. The number of hydrogen-bond donors (Lipinski definition) is 1. The molecule has 0 fully saturated rings. The molecule has 0 radical (unpaired) electrons. The number of sulfonamides is 1. The van der Waals surface area contributed by atoms with Crippen molar-refractivity contribution in [3.8, 4) is 0 Å². The molecule has 1 N–H and O–H groups in total. The number of ether oxygens (including phenoxy) is 1. The van der Waals surface area contributed by atoms with Crippen LogP contribution in [-0.2, 0) is 14.8 Å². The van der Waals surface area contributed by atoms with Crippen molar-refractivity contribution in [3.05, 3.63) is 0 Å². The Hall–Kier alpha value is 0.160. The molecule has 0 saturated heterocycles. The Bertz CT molecular complexity index is 267. The lowest BCUT2D eigenvalue weighted by Crippen LogP contribution is -2.42. The molecule has 1 unspecified atom stereocenters. The van der Waals surface area contributed by atoms with Crippen LogP contribution in [0.25, 0.3) is 0 Å². The summed E-state index contributed by atoms with van der Waals surface area (Å²) in [5, 5.41) is 0. The maximum absolute atomic E-state index is 11.6. The second kappa shape index (κ2) is 8.28. The average molecular weight is 272 g/mol. The minimum absolute atomic E-state index is 0.0752. The first-order valence-corrected chi connectivity index (χ1v) is 7.75. The molecule has 0 saturated carbocycles. The van der Waals surface area contributed by atoms with E-state index in [9.17, 15) is 8.42 Å². The Morgan fingerprint density at radius 1 is 1.38 bits per heavy atom. The van der Waals surface area contributed by atoms with Crippen molar-refractivity contribution in [2.75, 3.05) is 24.8 Å². The van der Waals surface area contributed by atoms with Crippen LogP contribution in [0.3, 0.4) is 0 Å². The SMILES string of the molecule is CCOCC(NS(=O)(=O)CCCCl)C(C)C. The fourth-order valence-electron chi connectivity index (χ4n) is 1.14. The molecule has 16 heavy (non-hydrogen) atoms. The van der Waals surface area contributed by atoms with Gasteiger partial charge >= 0.3 is 0 Å². The molecule has 0 rings (SSSR count).